The van der Waals surface area contributed by atoms with E-state index < -0.39 is 9.84 Å². The number of anilines is 1. The molecular weight excluding hydrogens is 342 g/mol. The van der Waals surface area contributed by atoms with E-state index in [1.165, 1.54) is 11.3 Å². The second kappa shape index (κ2) is 6.69. The normalized spacial score (nSPS) is 14.5. The van der Waals surface area contributed by atoms with Gasteiger partial charge in [0, 0.05) is 10.8 Å². The third kappa shape index (κ3) is 3.13. The summed E-state index contributed by atoms with van der Waals surface area (Å²) in [6, 6.07) is 8.45. The van der Waals surface area contributed by atoms with E-state index in [1.807, 2.05) is 0 Å². The topological polar surface area (TPSA) is 63.2 Å². The molecule has 0 atom stereocenters. The van der Waals surface area contributed by atoms with E-state index in [2.05, 4.69) is 5.32 Å². The number of aryl methyl sites for hydroxylation is 1. The molecule has 1 aliphatic carbocycles. The van der Waals surface area contributed by atoms with Crippen LogP contribution in [-0.2, 0) is 27.5 Å². The minimum absolute atomic E-state index is 0.155. The fourth-order valence-corrected chi connectivity index (χ4v) is 6.18. The third-order valence-electron chi connectivity index (χ3n) is 4.21. The number of fused-ring (bicyclic) bond motifs is 1. The number of benzene rings is 1. The lowest BCUT2D eigenvalue weighted by atomic mass is 9.99. The zero-order chi connectivity index (χ0) is 17.3. The fraction of sp³-hybridized carbons (Fsp3) is 0.389. The maximum Gasteiger partial charge on any atom is 0.227 e. The van der Waals surface area contributed by atoms with Crippen molar-refractivity contribution in [2.24, 2.45) is 5.92 Å². The quantitative estimate of drug-likeness (QED) is 0.891. The van der Waals surface area contributed by atoms with E-state index in [-0.39, 0.29) is 16.7 Å². The number of hydrogen-bond donors (Lipinski definition) is 1. The molecule has 0 radical (unpaired) electrons. The number of amides is 1. The summed E-state index contributed by atoms with van der Waals surface area (Å²) in [7, 11) is -3.64. The van der Waals surface area contributed by atoms with Crippen LogP contribution >= 0.6 is 11.3 Å². The van der Waals surface area contributed by atoms with Gasteiger partial charge in [0.1, 0.15) is 9.90 Å². The second-order valence-electron chi connectivity index (χ2n) is 6.33. The summed E-state index contributed by atoms with van der Waals surface area (Å²) in [6.45, 7) is 3.60. The molecule has 24 heavy (non-hydrogen) atoms. The Morgan fingerprint density at radius 1 is 1.12 bits per heavy atom. The summed E-state index contributed by atoms with van der Waals surface area (Å²) < 4.78 is 26.4. The summed E-state index contributed by atoms with van der Waals surface area (Å²) in [5.74, 6) is -0.352. The minimum atomic E-state index is -3.64. The van der Waals surface area contributed by atoms with Crippen molar-refractivity contribution in [2.75, 3.05) is 5.32 Å². The SMILES string of the molecule is CC(C)C(=O)Nc1sc2c(c1S(=O)(=O)c1ccccc1)CCCC2. The number of carbonyl (C=O) groups is 1. The molecule has 1 aliphatic rings. The lowest BCUT2D eigenvalue weighted by Gasteiger charge is -2.14. The summed E-state index contributed by atoms with van der Waals surface area (Å²) >= 11 is 1.42. The Labute approximate surface area is 146 Å². The van der Waals surface area contributed by atoms with Crippen molar-refractivity contribution in [3.63, 3.8) is 0 Å². The second-order valence-corrected chi connectivity index (χ2v) is 9.32. The van der Waals surface area contributed by atoms with Crippen molar-refractivity contribution < 1.29 is 13.2 Å². The fourth-order valence-electron chi connectivity index (χ4n) is 2.88. The monoisotopic (exact) mass is 363 g/mol. The molecule has 0 saturated carbocycles. The maximum absolute atomic E-state index is 13.2. The van der Waals surface area contributed by atoms with Crippen LogP contribution < -0.4 is 5.32 Å². The van der Waals surface area contributed by atoms with Crippen molar-refractivity contribution in [3.05, 3.63) is 40.8 Å². The number of nitrogens with one attached hydrogen (secondary N) is 1. The molecule has 1 N–H and O–H groups in total. The minimum Gasteiger partial charge on any atom is -0.316 e. The van der Waals surface area contributed by atoms with E-state index in [9.17, 15) is 13.2 Å². The van der Waals surface area contributed by atoms with Gasteiger partial charge in [-0.3, -0.25) is 4.79 Å². The van der Waals surface area contributed by atoms with Gasteiger partial charge in [-0.1, -0.05) is 32.0 Å². The van der Waals surface area contributed by atoms with Gasteiger partial charge in [0.15, 0.2) is 0 Å². The molecule has 128 valence electrons. The first kappa shape index (κ1) is 17.2. The van der Waals surface area contributed by atoms with Gasteiger partial charge in [-0.2, -0.15) is 0 Å². The van der Waals surface area contributed by atoms with Gasteiger partial charge >= 0.3 is 0 Å². The highest BCUT2D eigenvalue weighted by atomic mass is 32.2. The van der Waals surface area contributed by atoms with Crippen LogP contribution in [0.15, 0.2) is 40.1 Å². The largest absolute Gasteiger partial charge is 0.316 e. The van der Waals surface area contributed by atoms with Crippen molar-refractivity contribution in [2.45, 2.75) is 49.3 Å². The summed E-state index contributed by atoms with van der Waals surface area (Å²) in [6.07, 6.45) is 3.69. The molecule has 1 aromatic heterocycles. The molecule has 0 unspecified atom stereocenters. The van der Waals surface area contributed by atoms with Gasteiger partial charge in [0.25, 0.3) is 0 Å². The molecule has 0 bridgehead atoms. The smallest absolute Gasteiger partial charge is 0.227 e. The van der Waals surface area contributed by atoms with Crippen LogP contribution in [0.2, 0.25) is 0 Å². The Hall–Kier alpha value is -1.66. The lowest BCUT2D eigenvalue weighted by Crippen LogP contribution is -2.19. The molecule has 0 fully saturated rings. The predicted octanol–water partition coefficient (Wildman–Crippen LogP) is 4.05. The highest BCUT2D eigenvalue weighted by Crippen LogP contribution is 2.43. The molecular formula is C18H21NO3S2. The van der Waals surface area contributed by atoms with Crippen LogP contribution in [0.25, 0.3) is 0 Å². The van der Waals surface area contributed by atoms with Crippen LogP contribution in [0, 0.1) is 5.92 Å². The number of thiophene rings is 1. The van der Waals surface area contributed by atoms with Crippen LogP contribution in [0.3, 0.4) is 0 Å². The van der Waals surface area contributed by atoms with Gasteiger partial charge in [0.2, 0.25) is 15.7 Å². The number of hydrogen-bond acceptors (Lipinski definition) is 4. The van der Waals surface area contributed by atoms with Crippen LogP contribution in [0.4, 0.5) is 5.00 Å². The maximum atomic E-state index is 13.2. The van der Waals surface area contributed by atoms with Crippen LogP contribution in [0.1, 0.15) is 37.1 Å². The van der Waals surface area contributed by atoms with E-state index >= 15 is 0 Å². The van der Waals surface area contributed by atoms with E-state index in [0.29, 0.717) is 9.90 Å². The van der Waals surface area contributed by atoms with Crippen molar-refractivity contribution in [1.82, 2.24) is 0 Å². The van der Waals surface area contributed by atoms with E-state index in [1.54, 1.807) is 44.2 Å². The molecule has 2 aromatic rings. The first-order valence-corrected chi connectivity index (χ1v) is 10.5. The molecule has 1 amide bonds. The third-order valence-corrected chi connectivity index (χ3v) is 7.42. The Kier molecular flexibility index (Phi) is 4.78. The molecule has 6 heteroatoms. The zero-order valence-corrected chi connectivity index (χ0v) is 15.5. The van der Waals surface area contributed by atoms with Crippen molar-refractivity contribution in [3.8, 4) is 0 Å². The molecule has 4 nitrogen and oxygen atoms in total. The van der Waals surface area contributed by atoms with Gasteiger partial charge in [-0.15, -0.1) is 11.3 Å². The zero-order valence-electron chi connectivity index (χ0n) is 13.8. The van der Waals surface area contributed by atoms with Gasteiger partial charge < -0.3 is 5.32 Å². The van der Waals surface area contributed by atoms with E-state index in [0.717, 1.165) is 36.1 Å². The number of carbonyl (C=O) groups excluding carboxylic acids is 1. The molecule has 3 rings (SSSR count). The van der Waals surface area contributed by atoms with Crippen molar-refractivity contribution >= 4 is 32.1 Å². The highest BCUT2D eigenvalue weighted by Gasteiger charge is 2.31. The molecule has 0 saturated heterocycles. The Bertz CT molecular complexity index is 852. The number of rotatable bonds is 4. The first-order chi connectivity index (χ1) is 11.4. The average molecular weight is 364 g/mol. The Morgan fingerprint density at radius 2 is 1.79 bits per heavy atom. The van der Waals surface area contributed by atoms with Crippen LogP contribution in [0.5, 0.6) is 0 Å². The average Bonchev–Trinajstić information content (AvgIpc) is 2.94. The molecule has 0 spiro atoms. The Balaban J connectivity index is 2.15. The number of sulfone groups is 1. The van der Waals surface area contributed by atoms with Gasteiger partial charge in [-0.05, 0) is 43.4 Å². The molecule has 1 heterocycles. The van der Waals surface area contributed by atoms with Crippen molar-refractivity contribution in [1.29, 1.82) is 0 Å². The lowest BCUT2D eigenvalue weighted by molar-refractivity contribution is -0.118. The Morgan fingerprint density at radius 3 is 2.46 bits per heavy atom. The van der Waals surface area contributed by atoms with Gasteiger partial charge in [0.05, 0.1) is 4.90 Å². The highest BCUT2D eigenvalue weighted by molar-refractivity contribution is 7.92. The summed E-state index contributed by atoms with van der Waals surface area (Å²) in [4.78, 5) is 13.8. The standard InChI is InChI=1S/C18H21NO3S2/c1-12(2)17(20)19-18-16(14-10-6-7-11-15(14)23-18)24(21,22)13-8-4-3-5-9-13/h3-5,8-9,12H,6-7,10-11H2,1-2H3,(H,19,20). The molecule has 1 aromatic carbocycles. The van der Waals surface area contributed by atoms with Crippen LogP contribution in [-0.4, -0.2) is 14.3 Å². The predicted molar refractivity (Wildman–Crippen MR) is 96.3 cm³/mol. The van der Waals surface area contributed by atoms with E-state index in [4.69, 9.17) is 0 Å². The summed E-state index contributed by atoms with van der Waals surface area (Å²) in [5.41, 5.74) is 0.897. The summed E-state index contributed by atoms with van der Waals surface area (Å²) in [5, 5.41) is 3.32. The first-order valence-electron chi connectivity index (χ1n) is 8.17. The molecule has 0 aliphatic heterocycles. The van der Waals surface area contributed by atoms with Gasteiger partial charge in [-0.25, -0.2) is 8.42 Å².